The molecule has 6 unspecified atom stereocenters. The summed E-state index contributed by atoms with van der Waals surface area (Å²) in [5, 5.41) is 1.24. The summed E-state index contributed by atoms with van der Waals surface area (Å²) in [6.07, 6.45) is 9.31. The van der Waals surface area contributed by atoms with E-state index in [2.05, 4.69) is 36.9 Å². The first-order valence-electron chi connectivity index (χ1n) is 10.3. The lowest BCUT2D eigenvalue weighted by molar-refractivity contribution is 0.123. The van der Waals surface area contributed by atoms with E-state index >= 15 is 0 Å². The number of ether oxygens (including phenoxy) is 2. The van der Waals surface area contributed by atoms with Crippen molar-refractivity contribution in [3.05, 3.63) is 30.3 Å². The SMILES string of the molecule is C[Si](OCC1CCC2OC2C1)(OCC1CCC2OC2C1)c1ccccc1. The molecule has 1 aromatic rings. The molecule has 5 rings (SSSR count). The molecule has 0 spiro atoms. The maximum absolute atomic E-state index is 6.58. The first kappa shape index (κ1) is 17.4. The van der Waals surface area contributed by atoms with Crippen molar-refractivity contribution in [2.75, 3.05) is 13.2 Å². The van der Waals surface area contributed by atoms with E-state index in [1.165, 1.54) is 30.9 Å². The number of hydrogen-bond donors (Lipinski definition) is 0. The predicted octanol–water partition coefficient (Wildman–Crippen LogP) is 3.13. The highest BCUT2D eigenvalue weighted by atomic mass is 28.4. The van der Waals surface area contributed by atoms with Crippen LogP contribution in [0.25, 0.3) is 0 Å². The molecular formula is C21H30O4Si. The molecule has 0 amide bonds. The largest absolute Gasteiger partial charge is 0.391 e. The first-order chi connectivity index (χ1) is 12.7. The average molecular weight is 375 g/mol. The van der Waals surface area contributed by atoms with Crippen molar-refractivity contribution in [1.29, 1.82) is 0 Å². The van der Waals surface area contributed by atoms with Crippen LogP contribution in [0.5, 0.6) is 0 Å². The van der Waals surface area contributed by atoms with Crippen LogP contribution in [0, 0.1) is 11.8 Å². The zero-order valence-electron chi connectivity index (χ0n) is 15.6. The minimum Gasteiger partial charge on any atom is -0.391 e. The van der Waals surface area contributed by atoms with Gasteiger partial charge in [0.1, 0.15) is 0 Å². The highest BCUT2D eigenvalue weighted by Gasteiger charge is 2.46. The summed E-state index contributed by atoms with van der Waals surface area (Å²) in [7, 11) is -2.39. The molecule has 4 aliphatic rings. The van der Waals surface area contributed by atoms with Gasteiger partial charge in [0, 0.05) is 13.2 Å². The Morgan fingerprint density at radius 2 is 1.35 bits per heavy atom. The molecule has 2 heterocycles. The number of hydrogen-bond acceptors (Lipinski definition) is 4. The van der Waals surface area contributed by atoms with Crippen molar-refractivity contribution in [3.63, 3.8) is 0 Å². The molecule has 1 aromatic carbocycles. The Morgan fingerprint density at radius 1 is 0.808 bits per heavy atom. The summed E-state index contributed by atoms with van der Waals surface area (Å²) in [5.74, 6) is 1.24. The fourth-order valence-electron chi connectivity index (χ4n) is 4.78. The Bertz CT molecular complexity index is 592. The molecule has 4 nitrogen and oxygen atoms in total. The van der Waals surface area contributed by atoms with E-state index in [-0.39, 0.29) is 0 Å². The van der Waals surface area contributed by atoms with Crippen molar-refractivity contribution >= 4 is 13.7 Å². The molecule has 2 saturated heterocycles. The van der Waals surface area contributed by atoms with Crippen LogP contribution in [0.2, 0.25) is 6.55 Å². The van der Waals surface area contributed by atoms with Gasteiger partial charge in [0.15, 0.2) is 0 Å². The van der Waals surface area contributed by atoms with Crippen LogP contribution in [0.4, 0.5) is 0 Å². The maximum atomic E-state index is 6.58. The van der Waals surface area contributed by atoms with Crippen LogP contribution >= 0.6 is 0 Å². The van der Waals surface area contributed by atoms with Gasteiger partial charge in [-0.3, -0.25) is 0 Å². The van der Waals surface area contributed by atoms with Gasteiger partial charge in [-0.15, -0.1) is 0 Å². The van der Waals surface area contributed by atoms with Crippen LogP contribution in [-0.4, -0.2) is 46.2 Å². The summed E-state index contributed by atoms with van der Waals surface area (Å²) in [6, 6.07) is 10.6. The van der Waals surface area contributed by atoms with E-state index in [1.54, 1.807) is 0 Å². The lowest BCUT2D eigenvalue weighted by atomic mass is 9.90. The zero-order chi connectivity index (χ0) is 17.6. The van der Waals surface area contributed by atoms with Crippen LogP contribution in [0.3, 0.4) is 0 Å². The fraction of sp³-hybridized carbons (Fsp3) is 0.714. The van der Waals surface area contributed by atoms with E-state index in [0.29, 0.717) is 36.3 Å². The fourth-order valence-corrected chi connectivity index (χ4v) is 7.10. The third-order valence-corrected chi connectivity index (χ3v) is 9.53. The summed E-state index contributed by atoms with van der Waals surface area (Å²) >= 11 is 0. The molecular weight excluding hydrogens is 344 g/mol. The highest BCUT2D eigenvalue weighted by Crippen LogP contribution is 2.41. The van der Waals surface area contributed by atoms with Gasteiger partial charge in [-0.2, -0.15) is 0 Å². The molecule has 5 heteroatoms. The monoisotopic (exact) mass is 374 g/mol. The van der Waals surface area contributed by atoms with Gasteiger partial charge in [0.05, 0.1) is 24.4 Å². The van der Waals surface area contributed by atoms with Gasteiger partial charge >= 0.3 is 8.56 Å². The third-order valence-electron chi connectivity index (χ3n) is 6.71. The highest BCUT2D eigenvalue weighted by molar-refractivity contribution is 6.79. The van der Waals surface area contributed by atoms with E-state index in [1.807, 2.05) is 0 Å². The summed E-state index contributed by atoms with van der Waals surface area (Å²) < 4.78 is 24.5. The molecule has 0 radical (unpaired) electrons. The second-order valence-corrected chi connectivity index (χ2v) is 11.8. The van der Waals surface area contributed by atoms with Crippen LogP contribution in [0.1, 0.15) is 38.5 Å². The zero-order valence-corrected chi connectivity index (χ0v) is 16.6. The Hall–Kier alpha value is -0.723. The summed E-state index contributed by atoms with van der Waals surface area (Å²) in [5.41, 5.74) is 0. The Kier molecular flexibility index (Phi) is 4.69. The van der Waals surface area contributed by atoms with Crippen molar-refractivity contribution in [2.45, 2.75) is 69.5 Å². The minimum atomic E-state index is -2.39. The lowest BCUT2D eigenvalue weighted by Gasteiger charge is -2.32. The second kappa shape index (κ2) is 7.02. The maximum Gasteiger partial charge on any atom is 0.369 e. The molecule has 0 aromatic heterocycles. The molecule has 2 saturated carbocycles. The van der Waals surface area contributed by atoms with Crippen molar-refractivity contribution in [2.24, 2.45) is 11.8 Å². The van der Waals surface area contributed by atoms with E-state index in [0.717, 1.165) is 26.1 Å². The minimum absolute atomic E-state index is 0.511. The van der Waals surface area contributed by atoms with Crippen molar-refractivity contribution in [1.82, 2.24) is 0 Å². The predicted molar refractivity (Wildman–Crippen MR) is 102 cm³/mol. The second-order valence-electron chi connectivity index (χ2n) is 8.72. The van der Waals surface area contributed by atoms with Crippen molar-refractivity contribution < 1.29 is 18.3 Å². The molecule has 2 aliphatic heterocycles. The number of epoxide rings is 2. The Labute approximate surface area is 157 Å². The van der Waals surface area contributed by atoms with Gasteiger partial charge in [0.2, 0.25) is 0 Å². The Morgan fingerprint density at radius 3 is 1.85 bits per heavy atom. The molecule has 0 bridgehead atoms. The average Bonchev–Trinajstić information content (AvgIpc) is 3.59. The van der Waals surface area contributed by atoms with Gasteiger partial charge in [-0.25, -0.2) is 0 Å². The lowest BCUT2D eigenvalue weighted by Crippen LogP contribution is -2.52. The smallest absolute Gasteiger partial charge is 0.369 e. The summed E-state index contributed by atoms with van der Waals surface area (Å²) in [6.45, 7) is 3.84. The molecule has 142 valence electrons. The molecule has 2 aliphatic carbocycles. The molecule has 0 N–H and O–H groups in total. The van der Waals surface area contributed by atoms with E-state index in [4.69, 9.17) is 18.3 Å². The van der Waals surface area contributed by atoms with Gasteiger partial charge in [-0.05, 0) is 62.1 Å². The first-order valence-corrected chi connectivity index (χ1v) is 12.7. The normalized spacial score (nSPS) is 40.2. The van der Waals surface area contributed by atoms with Crippen LogP contribution in [0.15, 0.2) is 30.3 Å². The molecule has 4 fully saturated rings. The number of rotatable bonds is 7. The van der Waals surface area contributed by atoms with Gasteiger partial charge in [0.25, 0.3) is 0 Å². The molecule has 26 heavy (non-hydrogen) atoms. The standard InChI is InChI=1S/C21H30O4Si/c1-26(17-5-3-2-4-6-17,22-13-15-7-9-18-20(11-15)24-18)23-14-16-8-10-19-21(12-16)25-19/h2-6,15-16,18-21H,7-14H2,1H3. The summed E-state index contributed by atoms with van der Waals surface area (Å²) in [4.78, 5) is 0. The quantitative estimate of drug-likeness (QED) is 0.543. The number of fused-ring (bicyclic) bond motifs is 2. The van der Waals surface area contributed by atoms with Crippen molar-refractivity contribution in [3.8, 4) is 0 Å². The third kappa shape index (κ3) is 3.78. The van der Waals surface area contributed by atoms with E-state index < -0.39 is 8.56 Å². The van der Waals surface area contributed by atoms with E-state index in [9.17, 15) is 0 Å². The molecule has 6 atom stereocenters. The van der Waals surface area contributed by atoms with Crippen LogP contribution in [-0.2, 0) is 18.3 Å². The number of benzene rings is 1. The Balaban J connectivity index is 1.21. The van der Waals surface area contributed by atoms with Crippen LogP contribution < -0.4 is 5.19 Å². The topological polar surface area (TPSA) is 43.5 Å². The van der Waals surface area contributed by atoms with Gasteiger partial charge in [-0.1, -0.05) is 30.3 Å². The van der Waals surface area contributed by atoms with Gasteiger partial charge < -0.3 is 18.3 Å².